The predicted octanol–water partition coefficient (Wildman–Crippen LogP) is -0.856. The van der Waals surface area contributed by atoms with Crippen molar-refractivity contribution in [3.8, 4) is 5.88 Å². The predicted molar refractivity (Wildman–Crippen MR) is 96.1 cm³/mol. The van der Waals surface area contributed by atoms with Crippen LogP contribution in [0.5, 0.6) is 5.88 Å². The molecule has 13 nitrogen and oxygen atoms in total. The number of nitrogens with zero attached hydrogens (tertiary/aromatic N) is 4. The fraction of sp³-hybridized carbons (Fsp3) is 0.500. The molecule has 0 aliphatic carbocycles. The van der Waals surface area contributed by atoms with Crippen molar-refractivity contribution in [1.29, 1.82) is 0 Å². The second-order valence-corrected chi connectivity index (χ2v) is 7.05. The number of carbonyl (C=O) groups excluding carboxylic acids is 2. The summed E-state index contributed by atoms with van der Waals surface area (Å²) < 4.78 is 42.1. The number of hydrazone groups is 1. The van der Waals surface area contributed by atoms with Crippen LogP contribution in [0, 0.1) is 0 Å². The minimum absolute atomic E-state index is 0.00206. The van der Waals surface area contributed by atoms with Crippen LogP contribution >= 0.6 is 0 Å². The number of nitrogens with one attached hydrogen (secondary N) is 2. The van der Waals surface area contributed by atoms with Gasteiger partial charge in [0, 0.05) is 26.4 Å². The Bertz CT molecular complexity index is 890. The molecule has 2 rings (SSSR count). The number of sulfonamides is 1. The topological polar surface area (TPSA) is 161 Å². The van der Waals surface area contributed by atoms with Gasteiger partial charge < -0.3 is 14.2 Å². The van der Waals surface area contributed by atoms with Gasteiger partial charge in [0.1, 0.15) is 0 Å². The molecule has 0 aromatic carbocycles. The summed E-state index contributed by atoms with van der Waals surface area (Å²) in [5.41, 5.74) is -2.01. The van der Waals surface area contributed by atoms with Gasteiger partial charge >= 0.3 is 12.0 Å². The number of amides is 2. The van der Waals surface area contributed by atoms with E-state index in [1.807, 2.05) is 0 Å². The van der Waals surface area contributed by atoms with Crippen molar-refractivity contribution in [2.45, 2.75) is 12.5 Å². The second kappa shape index (κ2) is 8.35. The summed E-state index contributed by atoms with van der Waals surface area (Å²) in [5.74, 6) is -0.973. The Morgan fingerprint density at radius 2 is 2.07 bits per heavy atom. The lowest BCUT2D eigenvalue weighted by molar-refractivity contribution is -0.160. The summed E-state index contributed by atoms with van der Waals surface area (Å²) in [7, 11) is -0.623. The molecule has 1 aliphatic rings. The summed E-state index contributed by atoms with van der Waals surface area (Å²) in [4.78, 5) is 32.1. The Labute approximate surface area is 161 Å². The van der Waals surface area contributed by atoms with Gasteiger partial charge in [0.2, 0.25) is 22.5 Å². The largest absolute Gasteiger partial charge is 0.481 e. The van der Waals surface area contributed by atoms with Crippen molar-refractivity contribution in [1.82, 2.24) is 19.7 Å². The van der Waals surface area contributed by atoms with Gasteiger partial charge in [-0.3, -0.25) is 10.3 Å². The van der Waals surface area contributed by atoms with E-state index in [2.05, 4.69) is 20.4 Å². The number of hydrogen-bond acceptors (Lipinski definition) is 11. The molecule has 2 heterocycles. The van der Waals surface area contributed by atoms with E-state index in [0.29, 0.717) is 0 Å². The van der Waals surface area contributed by atoms with Gasteiger partial charge in [-0.1, -0.05) is 0 Å². The van der Waals surface area contributed by atoms with Crippen molar-refractivity contribution >= 4 is 33.0 Å². The third kappa shape index (κ3) is 4.28. The summed E-state index contributed by atoms with van der Waals surface area (Å²) >= 11 is 0. The molecule has 1 unspecified atom stereocenters. The summed E-state index contributed by atoms with van der Waals surface area (Å²) in [6.45, 7) is 1.35. The number of carbonyl (C=O) groups is 2. The molecular formula is C14H20N6O7S. The van der Waals surface area contributed by atoms with E-state index in [1.165, 1.54) is 31.4 Å². The van der Waals surface area contributed by atoms with E-state index in [0.717, 1.165) is 7.11 Å². The SMILES string of the molecule is CCOC(=O)C1(OC)CN(C)N=C1S(=O)(=O)NC(=O)Nc1nccc(OC)n1. The molecule has 154 valence electrons. The molecule has 1 atom stereocenters. The maximum atomic E-state index is 12.7. The molecular weight excluding hydrogens is 396 g/mol. The molecule has 0 saturated carbocycles. The first-order valence-electron chi connectivity index (χ1n) is 7.92. The average molecular weight is 416 g/mol. The monoisotopic (exact) mass is 416 g/mol. The van der Waals surface area contributed by atoms with Crippen LogP contribution in [0.15, 0.2) is 17.4 Å². The smallest absolute Gasteiger partial charge is 0.347 e. The van der Waals surface area contributed by atoms with E-state index in [9.17, 15) is 18.0 Å². The molecule has 1 aromatic heterocycles. The Morgan fingerprint density at radius 3 is 2.68 bits per heavy atom. The van der Waals surface area contributed by atoms with Gasteiger partial charge in [0.25, 0.3) is 10.0 Å². The number of aromatic nitrogens is 2. The number of hydrogen-bond donors (Lipinski definition) is 2. The number of rotatable bonds is 5. The molecule has 14 heteroatoms. The van der Waals surface area contributed by atoms with E-state index in [4.69, 9.17) is 14.2 Å². The van der Waals surface area contributed by atoms with Crippen LogP contribution in [-0.4, -0.2) is 80.5 Å². The summed E-state index contributed by atoms with van der Waals surface area (Å²) in [6.07, 6.45) is 1.31. The Balaban J connectivity index is 2.25. The minimum Gasteiger partial charge on any atom is -0.481 e. The molecule has 28 heavy (non-hydrogen) atoms. The van der Waals surface area contributed by atoms with Crippen molar-refractivity contribution in [2.75, 3.05) is 39.7 Å². The first kappa shape index (κ1) is 21.3. The number of urea groups is 1. The van der Waals surface area contributed by atoms with Crippen molar-refractivity contribution in [3.05, 3.63) is 12.3 Å². The highest BCUT2D eigenvalue weighted by atomic mass is 32.2. The van der Waals surface area contributed by atoms with E-state index in [-0.39, 0.29) is 25.0 Å². The number of anilines is 1. The van der Waals surface area contributed by atoms with Crippen LogP contribution in [0.2, 0.25) is 0 Å². The molecule has 0 bridgehead atoms. The zero-order chi connectivity index (χ0) is 20.9. The molecule has 0 spiro atoms. The molecule has 0 saturated heterocycles. The molecule has 0 fully saturated rings. The fourth-order valence-electron chi connectivity index (χ4n) is 2.38. The van der Waals surface area contributed by atoms with Crippen molar-refractivity contribution in [3.63, 3.8) is 0 Å². The first-order valence-corrected chi connectivity index (χ1v) is 9.40. The Hall–Kier alpha value is -3.00. The normalized spacial score (nSPS) is 19.0. The number of esters is 1. The van der Waals surface area contributed by atoms with Crippen LogP contribution < -0.4 is 14.8 Å². The maximum Gasteiger partial charge on any atom is 0.347 e. The highest BCUT2D eigenvalue weighted by Gasteiger charge is 2.56. The number of methoxy groups -OCH3 is 2. The lowest BCUT2D eigenvalue weighted by atomic mass is 10.1. The lowest BCUT2D eigenvalue weighted by Gasteiger charge is -2.25. The van der Waals surface area contributed by atoms with Gasteiger partial charge in [-0.2, -0.15) is 18.5 Å². The number of likely N-dealkylation sites (N-methyl/N-ethyl adjacent to an activating group) is 1. The third-order valence-corrected chi connectivity index (χ3v) is 4.93. The van der Waals surface area contributed by atoms with E-state index >= 15 is 0 Å². The standard InChI is InChI=1S/C14H20N6O7S/c1-5-27-11(21)14(26-4)8-20(2)18-10(14)28(23,24)19-13(22)17-12-15-7-6-9(16-12)25-3/h6-7H,5,8H2,1-4H3,(H2,15,16,17,19,22). The van der Waals surface area contributed by atoms with Crippen molar-refractivity contribution in [2.24, 2.45) is 5.10 Å². The zero-order valence-corrected chi connectivity index (χ0v) is 16.4. The number of ether oxygens (including phenoxy) is 3. The van der Waals surface area contributed by atoms with Gasteiger partial charge in [-0.05, 0) is 6.92 Å². The Kier molecular flexibility index (Phi) is 6.35. The van der Waals surface area contributed by atoms with Crippen LogP contribution in [0.25, 0.3) is 0 Å². The van der Waals surface area contributed by atoms with Crippen LogP contribution in [-0.2, 0) is 24.3 Å². The summed E-state index contributed by atoms with van der Waals surface area (Å²) in [6, 6.07) is 0.272. The van der Waals surface area contributed by atoms with Gasteiger partial charge in [0.15, 0.2) is 0 Å². The highest BCUT2D eigenvalue weighted by Crippen LogP contribution is 2.26. The van der Waals surface area contributed by atoms with Crippen LogP contribution in [0.3, 0.4) is 0 Å². The minimum atomic E-state index is -4.58. The fourth-order valence-corrected chi connectivity index (χ4v) is 3.68. The van der Waals surface area contributed by atoms with Crippen LogP contribution in [0.1, 0.15) is 6.92 Å². The highest BCUT2D eigenvalue weighted by molar-refractivity contribution is 8.05. The third-order valence-electron chi connectivity index (χ3n) is 3.56. The van der Waals surface area contributed by atoms with E-state index < -0.39 is 32.7 Å². The quantitative estimate of drug-likeness (QED) is 0.578. The van der Waals surface area contributed by atoms with E-state index in [1.54, 1.807) is 11.6 Å². The molecule has 2 N–H and O–H groups in total. The molecule has 2 amide bonds. The van der Waals surface area contributed by atoms with Crippen LogP contribution in [0.4, 0.5) is 10.7 Å². The van der Waals surface area contributed by atoms with Crippen molar-refractivity contribution < 1.29 is 32.2 Å². The van der Waals surface area contributed by atoms with Gasteiger partial charge in [-0.25, -0.2) is 19.3 Å². The van der Waals surface area contributed by atoms with Gasteiger partial charge in [-0.15, -0.1) is 0 Å². The molecule has 0 radical (unpaired) electrons. The molecule has 1 aromatic rings. The lowest BCUT2D eigenvalue weighted by Crippen LogP contribution is -2.56. The molecule has 1 aliphatic heterocycles. The second-order valence-electron chi connectivity index (χ2n) is 5.45. The zero-order valence-electron chi connectivity index (χ0n) is 15.6. The maximum absolute atomic E-state index is 12.7. The van der Waals surface area contributed by atoms with Gasteiger partial charge in [0.05, 0.1) is 20.3 Å². The summed E-state index contributed by atoms with van der Waals surface area (Å²) in [5, 5.41) is 6.46. The average Bonchev–Trinajstić information content (AvgIpc) is 3.00. The first-order chi connectivity index (χ1) is 13.2. The Morgan fingerprint density at radius 1 is 1.36 bits per heavy atom.